The number of hydrogen-bond acceptors (Lipinski definition) is 4. The molecule has 3 rings (SSSR count). The van der Waals surface area contributed by atoms with Crippen LogP contribution in [0, 0.1) is 11.8 Å². The largest absolute Gasteiger partial charge is 0.449 e. The van der Waals surface area contributed by atoms with E-state index in [9.17, 15) is 49.4 Å². The van der Waals surface area contributed by atoms with Crippen molar-refractivity contribution >= 4 is 5.97 Å². The number of alkyl halides is 11. The zero-order valence-electron chi connectivity index (χ0n) is 20.0. The molecule has 15 heteroatoms. The number of rotatable bonds is 4. The lowest BCUT2D eigenvalue weighted by Gasteiger charge is -2.61. The van der Waals surface area contributed by atoms with Crippen molar-refractivity contribution in [2.24, 2.45) is 11.8 Å². The highest BCUT2D eigenvalue weighted by molar-refractivity contribution is 5.89. The number of carbonyl (C=O) groups is 1. The highest BCUT2D eigenvalue weighted by Crippen LogP contribution is 2.66. The van der Waals surface area contributed by atoms with Crippen molar-refractivity contribution in [3.63, 3.8) is 0 Å². The molecule has 2 aliphatic carbocycles. The molecule has 3 atom stereocenters. The van der Waals surface area contributed by atoms with Gasteiger partial charge in [-0.05, 0) is 31.6 Å². The SMILES string of the molecule is C=C(C(=O)OC1(C2CCCCC2)CC(C2CCCCC2)(C(F)(F)F)OC(O)(C(F)(F)F)C1(F)F)C(F)(F)F. The fourth-order valence-corrected chi connectivity index (χ4v) is 6.07. The van der Waals surface area contributed by atoms with Crippen LogP contribution in [0.4, 0.5) is 48.3 Å². The summed E-state index contributed by atoms with van der Waals surface area (Å²) in [7, 11) is 0. The molecular formula is C23H27F11O4. The Morgan fingerprint density at radius 2 is 1.24 bits per heavy atom. The molecule has 1 N–H and O–H groups in total. The second kappa shape index (κ2) is 9.77. The molecule has 1 heterocycles. The van der Waals surface area contributed by atoms with Crippen LogP contribution >= 0.6 is 0 Å². The van der Waals surface area contributed by atoms with Crippen LogP contribution in [0.5, 0.6) is 0 Å². The zero-order valence-corrected chi connectivity index (χ0v) is 20.0. The Kier molecular flexibility index (Phi) is 7.95. The van der Waals surface area contributed by atoms with E-state index in [1.54, 1.807) is 0 Å². The summed E-state index contributed by atoms with van der Waals surface area (Å²) < 4.78 is 167. The smallest absolute Gasteiger partial charge is 0.448 e. The number of esters is 1. The quantitative estimate of drug-likeness (QED) is 0.219. The molecule has 220 valence electrons. The average Bonchev–Trinajstić information content (AvgIpc) is 2.80. The molecule has 0 amide bonds. The highest BCUT2D eigenvalue weighted by atomic mass is 19.4. The van der Waals surface area contributed by atoms with Gasteiger partial charge in [0.2, 0.25) is 0 Å². The molecule has 2 saturated carbocycles. The summed E-state index contributed by atoms with van der Waals surface area (Å²) >= 11 is 0. The summed E-state index contributed by atoms with van der Waals surface area (Å²) in [6.07, 6.45) is -21.1. The van der Waals surface area contributed by atoms with Gasteiger partial charge in [-0.25, -0.2) is 4.79 Å². The molecule has 3 unspecified atom stereocenters. The first-order chi connectivity index (χ1) is 17.2. The van der Waals surface area contributed by atoms with Crippen LogP contribution in [-0.4, -0.2) is 52.5 Å². The van der Waals surface area contributed by atoms with Gasteiger partial charge in [0.1, 0.15) is 5.57 Å². The van der Waals surface area contributed by atoms with E-state index in [2.05, 4.69) is 16.1 Å². The molecule has 0 aromatic heterocycles. The molecule has 0 aromatic rings. The monoisotopic (exact) mass is 576 g/mol. The van der Waals surface area contributed by atoms with Gasteiger partial charge in [0.15, 0.2) is 11.2 Å². The minimum Gasteiger partial charge on any atom is -0.448 e. The van der Waals surface area contributed by atoms with Crippen LogP contribution in [0.2, 0.25) is 0 Å². The fraction of sp³-hybridized carbons (Fsp3) is 0.870. The van der Waals surface area contributed by atoms with E-state index >= 15 is 8.78 Å². The fourth-order valence-electron chi connectivity index (χ4n) is 6.07. The lowest BCUT2D eigenvalue weighted by molar-refractivity contribution is -0.528. The summed E-state index contributed by atoms with van der Waals surface area (Å²) in [5.41, 5.74) is -10.7. The van der Waals surface area contributed by atoms with Crippen molar-refractivity contribution in [2.45, 2.75) is 112 Å². The maximum Gasteiger partial charge on any atom is 0.449 e. The highest BCUT2D eigenvalue weighted by Gasteiger charge is 2.88. The van der Waals surface area contributed by atoms with Gasteiger partial charge in [-0.3, -0.25) is 0 Å². The van der Waals surface area contributed by atoms with Gasteiger partial charge in [0, 0.05) is 12.3 Å². The minimum atomic E-state index is -6.57. The maximum atomic E-state index is 16.0. The number of ether oxygens (including phenoxy) is 2. The molecule has 0 bridgehead atoms. The van der Waals surface area contributed by atoms with Crippen LogP contribution in [0.25, 0.3) is 0 Å². The summed E-state index contributed by atoms with van der Waals surface area (Å²) in [5, 5.41) is 10.4. The maximum absolute atomic E-state index is 16.0. The molecular weight excluding hydrogens is 549 g/mol. The summed E-state index contributed by atoms with van der Waals surface area (Å²) in [6, 6.07) is 0. The average molecular weight is 576 g/mol. The third-order valence-electron chi connectivity index (χ3n) is 8.07. The Morgan fingerprint density at radius 3 is 1.63 bits per heavy atom. The lowest BCUT2D eigenvalue weighted by atomic mass is 9.60. The predicted octanol–water partition coefficient (Wildman–Crippen LogP) is 7.16. The second-order valence-corrected chi connectivity index (χ2v) is 10.3. The standard InChI is InChI=1S/C23H27F11O4/c1-13(19(24,25)26)16(35)37-17(14-8-4-2-5-9-14)12-18(22(29,30)31,15-10-6-3-7-11-15)38-21(36,20(17,27)28)23(32,33)34/h14-15,36H,1-12H2. The van der Waals surface area contributed by atoms with Gasteiger partial charge < -0.3 is 14.6 Å². The van der Waals surface area contributed by atoms with Crippen molar-refractivity contribution in [2.75, 3.05) is 0 Å². The Bertz CT molecular complexity index is 901. The Labute approximate surface area is 210 Å². The minimum absolute atomic E-state index is 0.00795. The molecule has 1 saturated heterocycles. The van der Waals surface area contributed by atoms with Crippen LogP contribution in [0.3, 0.4) is 0 Å². The van der Waals surface area contributed by atoms with Crippen molar-refractivity contribution in [3.8, 4) is 0 Å². The Balaban J connectivity index is 2.35. The van der Waals surface area contributed by atoms with Crippen LogP contribution in [0.15, 0.2) is 12.2 Å². The number of hydrogen-bond donors (Lipinski definition) is 1. The molecule has 0 radical (unpaired) electrons. The molecule has 0 spiro atoms. The second-order valence-electron chi connectivity index (χ2n) is 10.3. The van der Waals surface area contributed by atoms with E-state index in [1.807, 2.05) is 0 Å². The van der Waals surface area contributed by atoms with E-state index in [0.29, 0.717) is 12.8 Å². The molecule has 0 aromatic carbocycles. The van der Waals surface area contributed by atoms with Gasteiger partial charge in [0.05, 0.1) is 0 Å². The van der Waals surface area contributed by atoms with Gasteiger partial charge in [-0.1, -0.05) is 45.1 Å². The number of aliphatic hydroxyl groups is 1. The number of halogens is 11. The van der Waals surface area contributed by atoms with Crippen LogP contribution < -0.4 is 0 Å². The van der Waals surface area contributed by atoms with Crippen LogP contribution in [0.1, 0.15) is 70.6 Å². The predicted molar refractivity (Wildman–Crippen MR) is 108 cm³/mol. The van der Waals surface area contributed by atoms with Crippen molar-refractivity contribution in [1.29, 1.82) is 0 Å². The third-order valence-corrected chi connectivity index (χ3v) is 8.07. The van der Waals surface area contributed by atoms with Gasteiger partial charge in [-0.2, -0.15) is 48.3 Å². The molecule has 38 heavy (non-hydrogen) atoms. The summed E-state index contributed by atoms with van der Waals surface area (Å²) in [5.74, 6) is -18.2. The van der Waals surface area contributed by atoms with Gasteiger partial charge >= 0.3 is 36.2 Å². The molecule has 1 aliphatic heterocycles. The zero-order chi connectivity index (χ0) is 29.0. The Morgan fingerprint density at radius 1 is 0.789 bits per heavy atom. The van der Waals surface area contributed by atoms with Gasteiger partial charge in [0.25, 0.3) is 0 Å². The van der Waals surface area contributed by atoms with Crippen molar-refractivity contribution in [3.05, 3.63) is 12.2 Å². The topological polar surface area (TPSA) is 55.8 Å². The van der Waals surface area contributed by atoms with E-state index in [4.69, 9.17) is 0 Å². The van der Waals surface area contributed by atoms with Crippen LogP contribution in [-0.2, 0) is 14.3 Å². The van der Waals surface area contributed by atoms with E-state index in [0.717, 1.165) is 0 Å². The van der Waals surface area contributed by atoms with E-state index < -0.39 is 96.9 Å². The molecule has 4 nitrogen and oxygen atoms in total. The molecule has 3 fully saturated rings. The molecule has 3 aliphatic rings. The first kappa shape index (κ1) is 30.9. The third kappa shape index (κ3) is 4.79. The normalized spacial score (nSPS) is 34.1. The Hall–Kier alpha value is -1.64. The van der Waals surface area contributed by atoms with Gasteiger partial charge in [-0.15, -0.1) is 0 Å². The first-order valence-electron chi connectivity index (χ1n) is 12.1. The number of carbonyl (C=O) groups excluding carboxylic acids is 1. The van der Waals surface area contributed by atoms with E-state index in [1.165, 1.54) is 0 Å². The lowest BCUT2D eigenvalue weighted by Crippen LogP contribution is -2.82. The summed E-state index contributed by atoms with van der Waals surface area (Å²) in [4.78, 5) is 12.4. The summed E-state index contributed by atoms with van der Waals surface area (Å²) in [6.45, 7) is 2.39. The van der Waals surface area contributed by atoms with E-state index in [-0.39, 0.29) is 25.7 Å². The van der Waals surface area contributed by atoms with Crippen molar-refractivity contribution < 1.29 is 67.7 Å². The van der Waals surface area contributed by atoms with Crippen molar-refractivity contribution in [1.82, 2.24) is 0 Å². The first-order valence-corrected chi connectivity index (χ1v) is 12.1.